The summed E-state index contributed by atoms with van der Waals surface area (Å²) in [5.41, 5.74) is 0.743. The Hall–Kier alpha value is -1.27. The molecule has 2 nitrogen and oxygen atoms in total. The lowest BCUT2D eigenvalue weighted by Gasteiger charge is -2.09. The van der Waals surface area contributed by atoms with Gasteiger partial charge in [0.1, 0.15) is 5.82 Å². The van der Waals surface area contributed by atoms with E-state index < -0.39 is 0 Å². The molecule has 0 unspecified atom stereocenters. The van der Waals surface area contributed by atoms with Gasteiger partial charge >= 0.3 is 0 Å². The van der Waals surface area contributed by atoms with Gasteiger partial charge in [0.15, 0.2) is 6.19 Å². The van der Waals surface area contributed by atoms with Gasteiger partial charge in [-0.3, -0.25) is 0 Å². The number of benzene rings is 1. The number of hydrogen-bond acceptors (Lipinski definition) is 2. The fraction of sp³-hybridized carbons (Fsp3) is 0.222. The first-order valence-corrected chi connectivity index (χ1v) is 4.06. The summed E-state index contributed by atoms with van der Waals surface area (Å²) in [5.74, 6) is -0.367. The van der Waals surface area contributed by atoms with Gasteiger partial charge in [-0.05, 0) is 17.7 Å². The highest BCUT2D eigenvalue weighted by Crippen LogP contribution is 2.18. The van der Waals surface area contributed by atoms with Crippen molar-refractivity contribution in [2.75, 3.05) is 7.05 Å². The van der Waals surface area contributed by atoms with Gasteiger partial charge in [-0.25, -0.2) is 4.39 Å². The minimum atomic E-state index is -0.367. The molecule has 0 aliphatic rings. The molecule has 0 atom stereocenters. The van der Waals surface area contributed by atoms with Crippen molar-refractivity contribution in [2.24, 2.45) is 0 Å². The van der Waals surface area contributed by atoms with Crippen LogP contribution in [0.1, 0.15) is 5.56 Å². The molecule has 0 N–H and O–H groups in total. The van der Waals surface area contributed by atoms with Crippen LogP contribution in [0.2, 0.25) is 5.02 Å². The summed E-state index contributed by atoms with van der Waals surface area (Å²) in [6.07, 6.45) is 1.94. The molecule has 0 bridgehead atoms. The first kappa shape index (κ1) is 9.82. The molecule has 0 saturated heterocycles. The number of nitrogens with zero attached hydrogens (tertiary/aromatic N) is 2. The summed E-state index contributed by atoms with van der Waals surface area (Å²) in [7, 11) is 1.64. The zero-order valence-electron chi connectivity index (χ0n) is 7.09. The minimum absolute atomic E-state index is 0.349. The first-order chi connectivity index (χ1) is 6.13. The second-order valence-electron chi connectivity index (χ2n) is 2.69. The van der Waals surface area contributed by atoms with Crippen molar-refractivity contribution >= 4 is 11.6 Å². The number of rotatable bonds is 2. The Labute approximate surface area is 81.1 Å². The van der Waals surface area contributed by atoms with Crippen LogP contribution < -0.4 is 0 Å². The third kappa shape index (κ3) is 2.60. The molecule has 0 heterocycles. The standard InChI is InChI=1S/C9H8ClFN2/c1-13(6-12)5-7-2-3-8(11)4-9(7)10/h2-4H,5H2,1H3. The molecule has 0 radical (unpaired) electrons. The van der Waals surface area contributed by atoms with Gasteiger partial charge in [0.05, 0.1) is 6.54 Å². The molecule has 4 heteroatoms. The van der Waals surface area contributed by atoms with Crippen molar-refractivity contribution in [3.63, 3.8) is 0 Å². The van der Waals surface area contributed by atoms with E-state index in [1.54, 1.807) is 13.1 Å². The molecule has 0 spiro atoms. The summed E-state index contributed by atoms with van der Waals surface area (Å²) >= 11 is 5.75. The third-order valence-corrected chi connectivity index (χ3v) is 1.95. The smallest absolute Gasteiger partial charge is 0.179 e. The highest BCUT2D eigenvalue weighted by molar-refractivity contribution is 6.31. The van der Waals surface area contributed by atoms with E-state index in [0.717, 1.165) is 5.56 Å². The molecular weight excluding hydrogens is 191 g/mol. The van der Waals surface area contributed by atoms with E-state index in [0.29, 0.717) is 11.6 Å². The van der Waals surface area contributed by atoms with Crippen molar-refractivity contribution in [2.45, 2.75) is 6.54 Å². The Balaban J connectivity index is 2.85. The van der Waals surface area contributed by atoms with Crippen LogP contribution in [0.15, 0.2) is 18.2 Å². The highest BCUT2D eigenvalue weighted by Gasteiger charge is 2.03. The third-order valence-electron chi connectivity index (χ3n) is 1.59. The van der Waals surface area contributed by atoms with Crippen molar-refractivity contribution in [3.8, 4) is 6.19 Å². The highest BCUT2D eigenvalue weighted by atomic mass is 35.5. The number of nitriles is 1. The molecule has 0 aliphatic heterocycles. The van der Waals surface area contributed by atoms with Gasteiger partial charge in [-0.1, -0.05) is 17.7 Å². The predicted molar refractivity (Wildman–Crippen MR) is 48.5 cm³/mol. The topological polar surface area (TPSA) is 27.0 Å². The fourth-order valence-corrected chi connectivity index (χ4v) is 1.17. The van der Waals surface area contributed by atoms with Crippen molar-refractivity contribution < 1.29 is 4.39 Å². The quantitative estimate of drug-likeness (QED) is 0.539. The predicted octanol–water partition coefficient (Wildman–Crippen LogP) is 2.39. The van der Waals surface area contributed by atoms with Crippen molar-refractivity contribution in [3.05, 3.63) is 34.6 Å². The van der Waals surface area contributed by atoms with E-state index in [-0.39, 0.29) is 5.82 Å². The Morgan fingerprint density at radius 2 is 2.31 bits per heavy atom. The Morgan fingerprint density at radius 1 is 1.62 bits per heavy atom. The lowest BCUT2D eigenvalue weighted by Crippen LogP contribution is -2.10. The molecule has 1 aromatic rings. The Kier molecular flexibility index (Phi) is 3.10. The number of hydrogen-bond donors (Lipinski definition) is 0. The molecule has 0 aromatic heterocycles. The lowest BCUT2D eigenvalue weighted by molar-refractivity contribution is 0.469. The lowest BCUT2D eigenvalue weighted by atomic mass is 10.2. The van der Waals surface area contributed by atoms with Gasteiger partial charge in [-0.15, -0.1) is 0 Å². The van der Waals surface area contributed by atoms with Crippen LogP contribution in [0.25, 0.3) is 0 Å². The molecule has 0 saturated carbocycles. The summed E-state index contributed by atoms with van der Waals surface area (Å²) in [6.45, 7) is 0.398. The van der Waals surface area contributed by atoms with E-state index >= 15 is 0 Å². The molecule has 0 aliphatic carbocycles. The van der Waals surface area contributed by atoms with E-state index in [2.05, 4.69) is 0 Å². The fourth-order valence-electron chi connectivity index (χ4n) is 0.941. The van der Waals surface area contributed by atoms with E-state index in [9.17, 15) is 4.39 Å². The zero-order valence-corrected chi connectivity index (χ0v) is 7.85. The van der Waals surface area contributed by atoms with E-state index in [1.807, 2.05) is 6.19 Å². The van der Waals surface area contributed by atoms with Gasteiger partial charge in [0, 0.05) is 12.1 Å². The molecule has 0 amide bonds. The molecule has 1 rings (SSSR count). The molecule has 68 valence electrons. The Bertz CT molecular complexity index is 346. The maximum absolute atomic E-state index is 12.6. The van der Waals surface area contributed by atoms with E-state index in [4.69, 9.17) is 16.9 Å². The summed E-state index contributed by atoms with van der Waals surface area (Å²) in [4.78, 5) is 1.42. The van der Waals surface area contributed by atoms with E-state index in [1.165, 1.54) is 17.0 Å². The molecular formula is C9H8ClFN2. The van der Waals surface area contributed by atoms with Crippen LogP contribution in [0.4, 0.5) is 4.39 Å². The average molecular weight is 199 g/mol. The summed E-state index contributed by atoms with van der Waals surface area (Å²) in [6, 6.07) is 4.14. The molecule has 13 heavy (non-hydrogen) atoms. The Morgan fingerprint density at radius 3 is 2.85 bits per heavy atom. The first-order valence-electron chi connectivity index (χ1n) is 3.68. The summed E-state index contributed by atoms with van der Waals surface area (Å²) < 4.78 is 12.6. The molecule has 0 fully saturated rings. The SMILES string of the molecule is CN(C#N)Cc1ccc(F)cc1Cl. The van der Waals surface area contributed by atoms with Crippen LogP contribution in [-0.2, 0) is 6.54 Å². The van der Waals surface area contributed by atoms with Crippen LogP contribution in [0, 0.1) is 17.3 Å². The monoisotopic (exact) mass is 198 g/mol. The second kappa shape index (κ2) is 4.11. The average Bonchev–Trinajstić information content (AvgIpc) is 2.09. The van der Waals surface area contributed by atoms with Gasteiger partial charge in [0.2, 0.25) is 0 Å². The van der Waals surface area contributed by atoms with Crippen LogP contribution >= 0.6 is 11.6 Å². The maximum Gasteiger partial charge on any atom is 0.179 e. The van der Waals surface area contributed by atoms with Crippen molar-refractivity contribution in [1.82, 2.24) is 4.90 Å². The van der Waals surface area contributed by atoms with Gasteiger partial charge < -0.3 is 4.90 Å². The van der Waals surface area contributed by atoms with Gasteiger partial charge in [-0.2, -0.15) is 5.26 Å². The maximum atomic E-state index is 12.6. The van der Waals surface area contributed by atoms with Crippen LogP contribution in [0.5, 0.6) is 0 Å². The second-order valence-corrected chi connectivity index (χ2v) is 3.10. The van der Waals surface area contributed by atoms with Gasteiger partial charge in [0.25, 0.3) is 0 Å². The normalized spacial score (nSPS) is 9.38. The number of halogens is 2. The van der Waals surface area contributed by atoms with Crippen LogP contribution in [0.3, 0.4) is 0 Å². The largest absolute Gasteiger partial charge is 0.309 e. The summed E-state index contributed by atoms with van der Waals surface area (Å²) in [5, 5.41) is 8.85. The van der Waals surface area contributed by atoms with Crippen LogP contribution in [-0.4, -0.2) is 11.9 Å². The van der Waals surface area contributed by atoms with Crippen molar-refractivity contribution in [1.29, 1.82) is 5.26 Å². The minimum Gasteiger partial charge on any atom is -0.309 e. The molecule has 1 aromatic carbocycles. The zero-order chi connectivity index (χ0) is 9.84.